The molecule has 2 amide bonds. The van der Waals surface area contributed by atoms with Crippen molar-refractivity contribution >= 4 is 39.8 Å². The van der Waals surface area contributed by atoms with Crippen LogP contribution in [0.3, 0.4) is 0 Å². The lowest BCUT2D eigenvalue weighted by molar-refractivity contribution is -0.122. The van der Waals surface area contributed by atoms with Crippen LogP contribution in [-0.4, -0.2) is 29.7 Å². The van der Waals surface area contributed by atoms with Crippen LogP contribution in [0.1, 0.15) is 30.9 Å². The van der Waals surface area contributed by atoms with Gasteiger partial charge in [-0.25, -0.2) is 0 Å². The highest BCUT2D eigenvalue weighted by molar-refractivity contribution is 8.18. The number of unbranched alkanes of at least 4 members (excludes halogenated alkanes) is 1. The third kappa shape index (κ3) is 4.65. The molecular weight excluding hydrogens is 422 g/mol. The molecule has 3 aromatic carbocycles. The number of amides is 2. The zero-order valence-corrected chi connectivity index (χ0v) is 19.0. The van der Waals surface area contributed by atoms with Crippen LogP contribution in [0.5, 0.6) is 11.5 Å². The van der Waals surface area contributed by atoms with E-state index in [0.717, 1.165) is 41.1 Å². The number of rotatable bonds is 8. The molecule has 4 rings (SSSR count). The van der Waals surface area contributed by atoms with E-state index in [4.69, 9.17) is 9.47 Å². The summed E-state index contributed by atoms with van der Waals surface area (Å²) in [7, 11) is 1.59. The van der Waals surface area contributed by atoms with E-state index < -0.39 is 0 Å². The van der Waals surface area contributed by atoms with Crippen molar-refractivity contribution in [1.29, 1.82) is 0 Å². The molecule has 1 fully saturated rings. The number of benzene rings is 3. The molecule has 0 saturated carbocycles. The lowest BCUT2D eigenvalue weighted by Crippen LogP contribution is -2.29. The zero-order chi connectivity index (χ0) is 22.5. The van der Waals surface area contributed by atoms with Gasteiger partial charge < -0.3 is 9.47 Å². The van der Waals surface area contributed by atoms with Gasteiger partial charge in [0.1, 0.15) is 6.61 Å². The highest BCUT2D eigenvalue weighted by atomic mass is 32.2. The highest BCUT2D eigenvalue weighted by Gasteiger charge is 2.34. The summed E-state index contributed by atoms with van der Waals surface area (Å²) in [4.78, 5) is 26.5. The van der Waals surface area contributed by atoms with E-state index in [1.807, 2.05) is 43.3 Å². The molecule has 0 radical (unpaired) electrons. The van der Waals surface area contributed by atoms with E-state index in [2.05, 4.69) is 24.3 Å². The Kier molecular flexibility index (Phi) is 6.81. The number of carbonyl (C=O) groups excluding carboxylic acids is 2. The van der Waals surface area contributed by atoms with Crippen LogP contribution in [0.15, 0.2) is 65.6 Å². The molecule has 5 nitrogen and oxygen atoms in total. The van der Waals surface area contributed by atoms with Gasteiger partial charge in [-0.05, 0) is 58.3 Å². The number of imide groups is 1. The molecule has 1 aliphatic rings. The fourth-order valence-electron chi connectivity index (χ4n) is 3.63. The first-order valence-corrected chi connectivity index (χ1v) is 11.4. The van der Waals surface area contributed by atoms with Crippen LogP contribution in [0.25, 0.3) is 16.8 Å². The maximum Gasteiger partial charge on any atom is 0.293 e. The molecule has 0 N–H and O–H groups in total. The van der Waals surface area contributed by atoms with E-state index in [0.29, 0.717) is 29.6 Å². The maximum absolute atomic E-state index is 12.6. The monoisotopic (exact) mass is 447 g/mol. The minimum absolute atomic E-state index is 0.211. The van der Waals surface area contributed by atoms with Gasteiger partial charge in [-0.15, -0.1) is 0 Å². The molecule has 1 heterocycles. The second-order valence-electron chi connectivity index (χ2n) is 7.52. The Hall–Kier alpha value is -3.25. The highest BCUT2D eigenvalue weighted by Crippen LogP contribution is 2.35. The van der Waals surface area contributed by atoms with Crippen molar-refractivity contribution in [3.63, 3.8) is 0 Å². The minimum Gasteiger partial charge on any atom is -0.493 e. The molecule has 0 aromatic heterocycles. The fraction of sp³-hybridized carbons (Fsp3) is 0.231. The van der Waals surface area contributed by atoms with Crippen molar-refractivity contribution in [1.82, 2.24) is 4.90 Å². The molecule has 0 bridgehead atoms. The van der Waals surface area contributed by atoms with Crippen LogP contribution in [-0.2, 0) is 11.4 Å². The quantitative estimate of drug-likeness (QED) is 0.381. The zero-order valence-electron chi connectivity index (χ0n) is 18.2. The number of hydrogen-bond acceptors (Lipinski definition) is 5. The molecule has 0 aliphatic carbocycles. The lowest BCUT2D eigenvalue weighted by Gasteiger charge is -2.13. The summed E-state index contributed by atoms with van der Waals surface area (Å²) in [6, 6.07) is 19.9. The standard InChI is InChI=1S/C26H25NO4S/c1-3-4-14-27-25(28)24(32-26(27)29)16-18-12-13-22(23(15-18)30-2)31-17-20-10-7-9-19-8-5-6-11-21(19)20/h5-13,15-16H,3-4,14,17H2,1-2H3/b24-16-. The average molecular weight is 448 g/mol. The summed E-state index contributed by atoms with van der Waals surface area (Å²) in [6.45, 7) is 2.90. The van der Waals surface area contributed by atoms with Crippen molar-refractivity contribution in [3.05, 3.63) is 76.7 Å². The van der Waals surface area contributed by atoms with Gasteiger partial charge in [0.2, 0.25) is 0 Å². The number of ether oxygens (including phenoxy) is 2. The van der Waals surface area contributed by atoms with Crippen molar-refractivity contribution in [3.8, 4) is 11.5 Å². The van der Waals surface area contributed by atoms with E-state index in [1.54, 1.807) is 13.2 Å². The molecule has 32 heavy (non-hydrogen) atoms. The smallest absolute Gasteiger partial charge is 0.293 e. The third-order valence-corrected chi connectivity index (χ3v) is 6.26. The molecule has 0 unspecified atom stereocenters. The first kappa shape index (κ1) is 22.0. The third-order valence-electron chi connectivity index (χ3n) is 5.36. The first-order chi connectivity index (χ1) is 15.6. The largest absolute Gasteiger partial charge is 0.493 e. The number of fused-ring (bicyclic) bond motifs is 1. The molecule has 1 aliphatic heterocycles. The van der Waals surface area contributed by atoms with Crippen LogP contribution < -0.4 is 9.47 Å². The Balaban J connectivity index is 1.51. The SMILES string of the molecule is CCCCN1C(=O)S/C(=C\c2ccc(OCc3cccc4ccccc34)c(OC)c2)C1=O. The number of thioether (sulfide) groups is 1. The molecule has 0 atom stereocenters. The summed E-state index contributed by atoms with van der Waals surface area (Å²) < 4.78 is 11.6. The van der Waals surface area contributed by atoms with Gasteiger partial charge in [-0.3, -0.25) is 14.5 Å². The van der Waals surface area contributed by atoms with Gasteiger partial charge in [-0.2, -0.15) is 0 Å². The summed E-state index contributed by atoms with van der Waals surface area (Å²) in [5.74, 6) is 0.960. The van der Waals surface area contributed by atoms with Gasteiger partial charge in [0.05, 0.1) is 12.0 Å². The summed E-state index contributed by atoms with van der Waals surface area (Å²) >= 11 is 0.980. The van der Waals surface area contributed by atoms with E-state index in [1.165, 1.54) is 10.3 Å². The minimum atomic E-state index is -0.233. The predicted molar refractivity (Wildman–Crippen MR) is 129 cm³/mol. The summed E-state index contributed by atoms with van der Waals surface area (Å²) in [5.41, 5.74) is 1.87. The fourth-order valence-corrected chi connectivity index (χ4v) is 4.49. The number of nitrogens with zero attached hydrogens (tertiary/aromatic N) is 1. The van der Waals surface area contributed by atoms with Gasteiger partial charge in [-0.1, -0.05) is 61.9 Å². The van der Waals surface area contributed by atoms with Gasteiger partial charge >= 0.3 is 0 Å². The Morgan fingerprint density at radius 3 is 2.62 bits per heavy atom. The second-order valence-corrected chi connectivity index (χ2v) is 8.52. The lowest BCUT2D eigenvalue weighted by atomic mass is 10.1. The van der Waals surface area contributed by atoms with E-state index in [9.17, 15) is 9.59 Å². The number of hydrogen-bond donors (Lipinski definition) is 0. The number of carbonyl (C=O) groups is 2. The predicted octanol–water partition coefficient (Wildman–Crippen LogP) is 6.26. The topological polar surface area (TPSA) is 55.8 Å². The molecule has 1 saturated heterocycles. The normalized spacial score (nSPS) is 15.1. The molecule has 0 spiro atoms. The van der Waals surface area contributed by atoms with Crippen LogP contribution in [0, 0.1) is 0 Å². The molecular formula is C26H25NO4S. The maximum atomic E-state index is 12.6. The van der Waals surface area contributed by atoms with Crippen molar-refractivity contribution in [2.45, 2.75) is 26.4 Å². The summed E-state index contributed by atoms with van der Waals surface area (Å²) in [6.07, 6.45) is 3.47. The van der Waals surface area contributed by atoms with Gasteiger partial charge in [0.25, 0.3) is 11.1 Å². The van der Waals surface area contributed by atoms with E-state index in [-0.39, 0.29) is 11.1 Å². The Morgan fingerprint density at radius 1 is 1.00 bits per heavy atom. The second kappa shape index (κ2) is 9.92. The van der Waals surface area contributed by atoms with Gasteiger partial charge in [0.15, 0.2) is 11.5 Å². The Morgan fingerprint density at radius 2 is 1.81 bits per heavy atom. The van der Waals surface area contributed by atoms with Crippen LogP contribution in [0.4, 0.5) is 4.79 Å². The Bertz CT molecular complexity index is 1180. The van der Waals surface area contributed by atoms with Gasteiger partial charge in [0, 0.05) is 6.54 Å². The van der Waals surface area contributed by atoms with Crippen LogP contribution in [0.2, 0.25) is 0 Å². The van der Waals surface area contributed by atoms with E-state index >= 15 is 0 Å². The first-order valence-electron chi connectivity index (χ1n) is 10.6. The molecule has 164 valence electrons. The van der Waals surface area contributed by atoms with Crippen LogP contribution >= 0.6 is 11.8 Å². The van der Waals surface area contributed by atoms with Crippen molar-refractivity contribution in [2.24, 2.45) is 0 Å². The van der Waals surface area contributed by atoms with Crippen molar-refractivity contribution in [2.75, 3.05) is 13.7 Å². The Labute approximate surface area is 192 Å². The average Bonchev–Trinajstić information content (AvgIpc) is 3.08. The van der Waals surface area contributed by atoms with Crippen molar-refractivity contribution < 1.29 is 19.1 Å². The molecule has 3 aromatic rings. The molecule has 6 heteroatoms. The summed E-state index contributed by atoms with van der Waals surface area (Å²) in [5, 5.41) is 2.12. The number of methoxy groups -OCH3 is 1.